The molecule has 0 amide bonds. The third kappa shape index (κ3) is 1.73. The fourth-order valence-electron chi connectivity index (χ4n) is 1.89. The first kappa shape index (κ1) is 9.41. The zero-order chi connectivity index (χ0) is 9.14. The maximum Gasteiger partial charge on any atom is 0.0760 e. The Kier molecular flexibility index (Phi) is 2.99. The third-order valence-electron chi connectivity index (χ3n) is 2.40. The highest BCUT2D eigenvalue weighted by Gasteiger charge is 2.29. The molecule has 2 heteroatoms. The summed E-state index contributed by atoms with van der Waals surface area (Å²) in [5.74, 6) is 0.552. The van der Waals surface area contributed by atoms with E-state index in [2.05, 4.69) is 31.7 Å². The van der Waals surface area contributed by atoms with Crippen molar-refractivity contribution < 1.29 is 4.74 Å². The summed E-state index contributed by atoms with van der Waals surface area (Å²) in [5, 5.41) is 0. The van der Waals surface area contributed by atoms with Crippen molar-refractivity contribution in [3.05, 3.63) is 0 Å². The number of nitrogens with zero attached hydrogens (tertiary/aromatic N) is 1. The molecule has 0 aliphatic carbocycles. The molecule has 2 atom stereocenters. The van der Waals surface area contributed by atoms with Gasteiger partial charge < -0.3 is 9.64 Å². The van der Waals surface area contributed by atoms with Crippen molar-refractivity contribution in [2.75, 3.05) is 13.2 Å². The first-order chi connectivity index (χ1) is 5.66. The van der Waals surface area contributed by atoms with Crippen LogP contribution < -0.4 is 0 Å². The highest BCUT2D eigenvalue weighted by Crippen LogP contribution is 2.19. The van der Waals surface area contributed by atoms with E-state index in [1.54, 1.807) is 0 Å². The molecular weight excluding hydrogens is 150 g/mol. The van der Waals surface area contributed by atoms with Gasteiger partial charge in [-0.25, -0.2) is 0 Å². The second-order valence-corrected chi connectivity index (χ2v) is 3.63. The van der Waals surface area contributed by atoms with E-state index in [9.17, 15) is 0 Å². The van der Waals surface area contributed by atoms with E-state index in [1.165, 1.54) is 0 Å². The highest BCUT2D eigenvalue weighted by molar-refractivity contribution is 4.95. The lowest BCUT2D eigenvalue weighted by atomic mass is 9.97. The summed E-state index contributed by atoms with van der Waals surface area (Å²) in [7, 11) is 0. The molecule has 0 saturated carbocycles. The van der Waals surface area contributed by atoms with E-state index < -0.39 is 0 Å². The Morgan fingerprint density at radius 2 is 2.25 bits per heavy atom. The van der Waals surface area contributed by atoms with Crippen LogP contribution in [0.5, 0.6) is 0 Å². The van der Waals surface area contributed by atoms with E-state index in [0.717, 1.165) is 13.2 Å². The number of hydrogen-bond donors (Lipinski definition) is 0. The normalized spacial score (nSPS) is 30.4. The van der Waals surface area contributed by atoms with E-state index in [0.29, 0.717) is 12.0 Å². The molecule has 0 aromatic carbocycles. The minimum atomic E-state index is 0.259. The molecule has 1 aliphatic rings. The van der Waals surface area contributed by atoms with Crippen molar-refractivity contribution in [1.29, 1.82) is 0 Å². The molecular formula is C10H17NO. The number of terminal acetylenes is 1. The average molecular weight is 167 g/mol. The van der Waals surface area contributed by atoms with Gasteiger partial charge in [-0.05, 0) is 12.8 Å². The largest absolute Gasteiger partial charge is 0.374 e. The van der Waals surface area contributed by atoms with Crippen LogP contribution in [0.4, 0.5) is 0 Å². The van der Waals surface area contributed by atoms with Gasteiger partial charge in [-0.1, -0.05) is 20.3 Å². The molecule has 1 aliphatic heterocycles. The van der Waals surface area contributed by atoms with E-state index in [-0.39, 0.29) is 6.10 Å². The summed E-state index contributed by atoms with van der Waals surface area (Å²) in [6, 6.07) is 3.10. The average Bonchev–Trinajstić information content (AvgIpc) is 2.03. The van der Waals surface area contributed by atoms with Crippen LogP contribution >= 0.6 is 0 Å². The Labute approximate surface area is 74.9 Å². The van der Waals surface area contributed by atoms with Gasteiger partial charge in [0, 0.05) is 12.6 Å². The monoisotopic (exact) mass is 167 g/mol. The lowest BCUT2D eigenvalue weighted by molar-refractivity contribution is -0.0536. The number of morpholine rings is 1. The van der Waals surface area contributed by atoms with Crippen molar-refractivity contribution in [1.82, 2.24) is 4.90 Å². The van der Waals surface area contributed by atoms with Gasteiger partial charge in [0.2, 0.25) is 0 Å². The zero-order valence-corrected chi connectivity index (χ0v) is 8.08. The van der Waals surface area contributed by atoms with Crippen molar-refractivity contribution in [2.45, 2.75) is 32.9 Å². The van der Waals surface area contributed by atoms with Crippen molar-refractivity contribution in [3.63, 3.8) is 0 Å². The molecule has 12 heavy (non-hydrogen) atoms. The van der Waals surface area contributed by atoms with Crippen LogP contribution in [-0.4, -0.2) is 30.2 Å². The van der Waals surface area contributed by atoms with E-state index in [1.807, 2.05) is 0 Å². The van der Waals surface area contributed by atoms with Gasteiger partial charge in [-0.15, -0.1) is 0 Å². The topological polar surface area (TPSA) is 12.5 Å². The Bertz CT molecular complexity index is 183. The summed E-state index contributed by atoms with van der Waals surface area (Å²) >= 11 is 0. The van der Waals surface area contributed by atoms with Gasteiger partial charge >= 0.3 is 0 Å². The maximum absolute atomic E-state index is 5.55. The predicted molar refractivity (Wildman–Crippen MR) is 49.6 cm³/mol. The molecule has 0 N–H and O–H groups in total. The molecule has 1 heterocycles. The molecule has 2 nitrogen and oxygen atoms in total. The van der Waals surface area contributed by atoms with Crippen LogP contribution in [0.3, 0.4) is 0 Å². The Morgan fingerprint density at radius 1 is 1.58 bits per heavy atom. The van der Waals surface area contributed by atoms with Gasteiger partial charge in [-0.2, -0.15) is 0 Å². The summed E-state index contributed by atoms with van der Waals surface area (Å²) in [6.45, 7) is 8.08. The predicted octanol–water partition coefficient (Wildman–Crippen LogP) is 1.32. The molecule has 0 aromatic rings. The molecule has 1 saturated heterocycles. The fourth-order valence-corrected chi connectivity index (χ4v) is 1.89. The second kappa shape index (κ2) is 3.82. The Hall–Kier alpha value is -0.680. The summed E-state index contributed by atoms with van der Waals surface area (Å²) < 4.78 is 5.55. The van der Waals surface area contributed by atoms with Crippen molar-refractivity contribution >= 4 is 0 Å². The van der Waals surface area contributed by atoms with Gasteiger partial charge in [0.25, 0.3) is 0 Å². The summed E-state index contributed by atoms with van der Waals surface area (Å²) in [4.78, 5) is 2.05. The lowest BCUT2D eigenvalue weighted by Crippen LogP contribution is -2.50. The second-order valence-electron chi connectivity index (χ2n) is 3.63. The smallest absolute Gasteiger partial charge is 0.0760 e. The quantitative estimate of drug-likeness (QED) is 0.546. The number of ether oxygens (including phenoxy) is 1. The Balaban J connectivity index is 2.67. The van der Waals surface area contributed by atoms with Crippen LogP contribution in [0.1, 0.15) is 20.8 Å². The molecule has 0 spiro atoms. The van der Waals surface area contributed by atoms with Gasteiger partial charge in [0.15, 0.2) is 0 Å². The first-order valence-electron chi connectivity index (χ1n) is 4.51. The lowest BCUT2D eigenvalue weighted by Gasteiger charge is -2.39. The van der Waals surface area contributed by atoms with E-state index in [4.69, 9.17) is 11.2 Å². The standard InChI is InChI=1S/C10H17NO/c1-5-11-6-7-12-9(4)10(11)8(2)3/h1,8-10H,6-7H2,2-4H3. The number of rotatable bonds is 1. The fraction of sp³-hybridized carbons (Fsp3) is 0.800. The number of hydrogen-bond acceptors (Lipinski definition) is 2. The van der Waals surface area contributed by atoms with Crippen LogP contribution in [-0.2, 0) is 4.74 Å². The SMILES string of the molecule is C#CN1CCOC(C)C1C(C)C. The van der Waals surface area contributed by atoms with Gasteiger partial charge in [-0.3, -0.25) is 0 Å². The highest BCUT2D eigenvalue weighted by atomic mass is 16.5. The minimum Gasteiger partial charge on any atom is -0.374 e. The minimum absolute atomic E-state index is 0.259. The van der Waals surface area contributed by atoms with Gasteiger partial charge in [0.1, 0.15) is 0 Å². The first-order valence-corrected chi connectivity index (χ1v) is 4.51. The molecule has 1 rings (SSSR count). The summed E-state index contributed by atoms with van der Waals surface area (Å²) in [5.41, 5.74) is 0. The molecule has 1 fully saturated rings. The van der Waals surface area contributed by atoms with Crippen molar-refractivity contribution in [2.24, 2.45) is 5.92 Å². The molecule has 2 unspecified atom stereocenters. The van der Waals surface area contributed by atoms with Crippen LogP contribution in [0.2, 0.25) is 0 Å². The van der Waals surface area contributed by atoms with Crippen molar-refractivity contribution in [3.8, 4) is 12.5 Å². The Morgan fingerprint density at radius 3 is 2.67 bits per heavy atom. The van der Waals surface area contributed by atoms with Crippen LogP contribution in [0, 0.1) is 18.4 Å². The molecule has 0 radical (unpaired) electrons. The van der Waals surface area contributed by atoms with Gasteiger partial charge in [0.05, 0.1) is 18.8 Å². The molecule has 68 valence electrons. The summed E-state index contributed by atoms with van der Waals surface area (Å²) in [6.07, 6.45) is 5.67. The van der Waals surface area contributed by atoms with Crippen LogP contribution in [0.25, 0.3) is 0 Å². The third-order valence-corrected chi connectivity index (χ3v) is 2.40. The van der Waals surface area contributed by atoms with Crippen LogP contribution in [0.15, 0.2) is 0 Å². The zero-order valence-electron chi connectivity index (χ0n) is 8.08. The van der Waals surface area contributed by atoms with E-state index >= 15 is 0 Å². The molecule has 0 bridgehead atoms. The maximum atomic E-state index is 5.55. The molecule has 0 aromatic heterocycles.